The van der Waals surface area contributed by atoms with Gasteiger partial charge in [0, 0.05) is 13.7 Å². The molecule has 0 aliphatic heterocycles. The summed E-state index contributed by atoms with van der Waals surface area (Å²) in [6.07, 6.45) is 0.107. The van der Waals surface area contributed by atoms with Crippen molar-refractivity contribution < 1.29 is 14.3 Å². The van der Waals surface area contributed by atoms with Crippen LogP contribution in [-0.2, 0) is 17.7 Å². The van der Waals surface area contributed by atoms with Crippen LogP contribution in [0.5, 0.6) is 0 Å². The Morgan fingerprint density at radius 2 is 1.95 bits per heavy atom. The fourth-order valence-corrected chi connectivity index (χ4v) is 2.09. The molecule has 2 rings (SSSR count). The first-order valence-electron chi connectivity index (χ1n) is 6.88. The highest BCUT2D eigenvalue weighted by Crippen LogP contribution is 2.09. The summed E-state index contributed by atoms with van der Waals surface area (Å²) < 4.78 is 10.5. The van der Waals surface area contributed by atoms with Crippen molar-refractivity contribution in [2.24, 2.45) is 0 Å². The van der Waals surface area contributed by atoms with Crippen LogP contribution in [0.4, 0.5) is 0 Å². The zero-order valence-corrected chi connectivity index (χ0v) is 12.4. The van der Waals surface area contributed by atoms with Crippen LogP contribution in [0, 0.1) is 0 Å². The maximum absolute atomic E-state index is 9.66. The first kappa shape index (κ1) is 15.6. The minimum atomic E-state index is -0.522. The number of aliphatic hydroxyl groups is 1. The van der Waals surface area contributed by atoms with Gasteiger partial charge < -0.3 is 14.3 Å². The van der Waals surface area contributed by atoms with Gasteiger partial charge in [0.1, 0.15) is 0 Å². The Hall–Kier alpha value is -1.76. The molecule has 0 aliphatic rings. The summed E-state index contributed by atoms with van der Waals surface area (Å²) in [6.45, 7) is 1.31. The SMILES string of the molecule is COC[C@H](O)CN(C)Cc1nnc(Cc2ccccc2)o1. The smallest absolute Gasteiger partial charge is 0.230 e. The van der Waals surface area contributed by atoms with Gasteiger partial charge in [-0.1, -0.05) is 30.3 Å². The molecule has 0 spiro atoms. The largest absolute Gasteiger partial charge is 0.424 e. The summed E-state index contributed by atoms with van der Waals surface area (Å²) in [4.78, 5) is 1.92. The molecule has 6 nitrogen and oxygen atoms in total. The van der Waals surface area contributed by atoms with Gasteiger partial charge in [-0.2, -0.15) is 0 Å². The van der Waals surface area contributed by atoms with Crippen molar-refractivity contribution >= 4 is 0 Å². The van der Waals surface area contributed by atoms with E-state index in [0.29, 0.717) is 37.9 Å². The predicted octanol–water partition coefficient (Wildman–Crippen LogP) is 1.10. The first-order valence-corrected chi connectivity index (χ1v) is 6.88. The Morgan fingerprint density at radius 3 is 2.67 bits per heavy atom. The number of rotatable bonds is 8. The van der Waals surface area contributed by atoms with Gasteiger partial charge in [0.15, 0.2) is 0 Å². The van der Waals surface area contributed by atoms with E-state index in [4.69, 9.17) is 9.15 Å². The Kier molecular flexibility index (Phi) is 5.86. The first-order chi connectivity index (χ1) is 10.2. The molecule has 114 valence electrons. The third kappa shape index (κ3) is 5.26. The summed E-state index contributed by atoms with van der Waals surface area (Å²) in [7, 11) is 3.46. The molecule has 0 fully saturated rings. The second-order valence-electron chi connectivity index (χ2n) is 5.06. The summed E-state index contributed by atoms with van der Waals surface area (Å²) in [5, 5.41) is 17.7. The highest BCUT2D eigenvalue weighted by molar-refractivity contribution is 5.17. The van der Waals surface area contributed by atoms with Crippen LogP contribution in [0.25, 0.3) is 0 Å². The van der Waals surface area contributed by atoms with E-state index in [9.17, 15) is 5.11 Å². The van der Waals surface area contributed by atoms with Gasteiger partial charge in [-0.05, 0) is 12.6 Å². The van der Waals surface area contributed by atoms with E-state index < -0.39 is 6.10 Å². The van der Waals surface area contributed by atoms with Gasteiger partial charge >= 0.3 is 0 Å². The molecule has 1 N–H and O–H groups in total. The molecule has 1 atom stereocenters. The molecule has 2 aromatic rings. The lowest BCUT2D eigenvalue weighted by Crippen LogP contribution is -2.31. The fourth-order valence-electron chi connectivity index (χ4n) is 2.09. The molecule has 1 aromatic carbocycles. The quantitative estimate of drug-likeness (QED) is 0.785. The minimum absolute atomic E-state index is 0.313. The van der Waals surface area contributed by atoms with Crippen molar-refractivity contribution in [1.82, 2.24) is 15.1 Å². The molecule has 1 aromatic heterocycles. The van der Waals surface area contributed by atoms with Crippen LogP contribution >= 0.6 is 0 Å². The van der Waals surface area contributed by atoms with Gasteiger partial charge in [0.25, 0.3) is 0 Å². The minimum Gasteiger partial charge on any atom is -0.424 e. The Balaban J connectivity index is 1.85. The highest BCUT2D eigenvalue weighted by atomic mass is 16.5. The number of aliphatic hydroxyl groups excluding tert-OH is 1. The lowest BCUT2D eigenvalue weighted by molar-refractivity contribution is 0.0403. The molecule has 21 heavy (non-hydrogen) atoms. The number of ether oxygens (including phenoxy) is 1. The topological polar surface area (TPSA) is 71.6 Å². The van der Waals surface area contributed by atoms with E-state index in [-0.39, 0.29) is 0 Å². The molecule has 6 heteroatoms. The Labute approximate surface area is 124 Å². The Morgan fingerprint density at radius 1 is 1.24 bits per heavy atom. The molecule has 0 aliphatic carbocycles. The molecular formula is C15H21N3O3. The molecule has 0 radical (unpaired) electrons. The van der Waals surface area contributed by atoms with E-state index in [0.717, 1.165) is 5.56 Å². The predicted molar refractivity (Wildman–Crippen MR) is 77.8 cm³/mol. The average Bonchev–Trinajstić information content (AvgIpc) is 2.87. The second kappa shape index (κ2) is 7.87. The van der Waals surface area contributed by atoms with Crippen LogP contribution < -0.4 is 0 Å². The van der Waals surface area contributed by atoms with Crippen molar-refractivity contribution in [1.29, 1.82) is 0 Å². The van der Waals surface area contributed by atoms with Crippen LogP contribution in [0.2, 0.25) is 0 Å². The van der Waals surface area contributed by atoms with Crippen molar-refractivity contribution in [2.45, 2.75) is 19.1 Å². The lowest BCUT2D eigenvalue weighted by atomic mass is 10.2. The zero-order chi connectivity index (χ0) is 15.1. The standard InChI is InChI=1S/C15H21N3O3/c1-18(9-13(19)11-20-2)10-15-17-16-14(21-15)8-12-6-4-3-5-7-12/h3-7,13,19H,8-11H2,1-2H3/t13-/m1/s1. The van der Waals surface area contributed by atoms with E-state index in [2.05, 4.69) is 10.2 Å². The monoisotopic (exact) mass is 291 g/mol. The van der Waals surface area contributed by atoms with Gasteiger partial charge in [-0.15, -0.1) is 10.2 Å². The maximum atomic E-state index is 9.66. The number of hydrogen-bond donors (Lipinski definition) is 1. The Bertz CT molecular complexity index is 530. The molecule has 0 saturated heterocycles. The summed E-state index contributed by atoms with van der Waals surface area (Å²) in [5.41, 5.74) is 1.14. The number of hydrogen-bond acceptors (Lipinski definition) is 6. The zero-order valence-electron chi connectivity index (χ0n) is 12.4. The van der Waals surface area contributed by atoms with E-state index >= 15 is 0 Å². The lowest BCUT2D eigenvalue weighted by Gasteiger charge is -2.18. The third-order valence-electron chi connectivity index (χ3n) is 2.99. The van der Waals surface area contributed by atoms with Crippen LogP contribution in [0.1, 0.15) is 17.3 Å². The van der Waals surface area contributed by atoms with Gasteiger partial charge in [-0.25, -0.2) is 0 Å². The number of nitrogens with zero attached hydrogens (tertiary/aromatic N) is 3. The van der Waals surface area contributed by atoms with Gasteiger partial charge in [0.2, 0.25) is 11.8 Å². The van der Waals surface area contributed by atoms with Crippen molar-refractivity contribution in [2.75, 3.05) is 27.3 Å². The van der Waals surface area contributed by atoms with Crippen LogP contribution in [0.3, 0.4) is 0 Å². The normalized spacial score (nSPS) is 12.8. The van der Waals surface area contributed by atoms with Crippen molar-refractivity contribution in [3.8, 4) is 0 Å². The van der Waals surface area contributed by atoms with E-state index in [1.54, 1.807) is 7.11 Å². The average molecular weight is 291 g/mol. The van der Waals surface area contributed by atoms with Crippen molar-refractivity contribution in [3.05, 3.63) is 47.7 Å². The van der Waals surface area contributed by atoms with Gasteiger partial charge in [0.05, 0.1) is 25.7 Å². The van der Waals surface area contributed by atoms with Crippen LogP contribution in [-0.4, -0.2) is 53.6 Å². The maximum Gasteiger partial charge on any atom is 0.230 e. The number of likely N-dealkylation sites (N-methyl/N-ethyl adjacent to an activating group) is 1. The third-order valence-corrected chi connectivity index (χ3v) is 2.99. The number of methoxy groups -OCH3 is 1. The van der Waals surface area contributed by atoms with Gasteiger partial charge in [-0.3, -0.25) is 4.90 Å². The molecular weight excluding hydrogens is 270 g/mol. The summed E-state index contributed by atoms with van der Waals surface area (Å²) >= 11 is 0. The molecule has 0 unspecified atom stereocenters. The fraction of sp³-hybridized carbons (Fsp3) is 0.467. The summed E-state index contributed by atoms with van der Waals surface area (Å²) in [6, 6.07) is 9.99. The summed E-state index contributed by atoms with van der Waals surface area (Å²) in [5.74, 6) is 1.15. The molecule has 0 bridgehead atoms. The van der Waals surface area contributed by atoms with Crippen LogP contribution in [0.15, 0.2) is 34.7 Å². The van der Waals surface area contributed by atoms with Crippen molar-refractivity contribution in [3.63, 3.8) is 0 Å². The molecule has 0 amide bonds. The second-order valence-corrected chi connectivity index (χ2v) is 5.06. The number of benzene rings is 1. The van der Waals surface area contributed by atoms with E-state index in [1.165, 1.54) is 0 Å². The van der Waals surface area contributed by atoms with E-state index in [1.807, 2.05) is 42.3 Å². The number of aromatic nitrogens is 2. The molecule has 1 heterocycles. The highest BCUT2D eigenvalue weighted by Gasteiger charge is 2.12. The molecule has 0 saturated carbocycles.